The highest BCUT2D eigenvalue weighted by Gasteiger charge is 2.31. The van der Waals surface area contributed by atoms with Crippen LogP contribution in [0.1, 0.15) is 13.8 Å². The molecule has 1 aliphatic rings. The van der Waals surface area contributed by atoms with Gasteiger partial charge in [0, 0.05) is 0 Å². The van der Waals surface area contributed by atoms with E-state index in [2.05, 4.69) is 13.1 Å². The SMILES string of the molecule is CC1COCC(C)O[Si](C)(C)O1. The van der Waals surface area contributed by atoms with Gasteiger partial charge in [0.25, 0.3) is 0 Å². The Morgan fingerprint density at radius 2 is 1.42 bits per heavy atom. The van der Waals surface area contributed by atoms with Gasteiger partial charge in [-0.25, -0.2) is 0 Å². The third-order valence-corrected chi connectivity index (χ3v) is 3.62. The monoisotopic (exact) mass is 190 g/mol. The fraction of sp³-hybridized carbons (Fsp3) is 1.00. The molecule has 2 unspecified atom stereocenters. The van der Waals surface area contributed by atoms with Crippen LogP contribution >= 0.6 is 0 Å². The molecule has 1 fully saturated rings. The van der Waals surface area contributed by atoms with Crippen molar-refractivity contribution in [1.82, 2.24) is 0 Å². The molecule has 0 spiro atoms. The van der Waals surface area contributed by atoms with Gasteiger partial charge in [-0.3, -0.25) is 0 Å². The minimum Gasteiger partial charge on any atom is -0.389 e. The molecule has 2 atom stereocenters. The van der Waals surface area contributed by atoms with Crippen molar-refractivity contribution in [1.29, 1.82) is 0 Å². The summed E-state index contributed by atoms with van der Waals surface area (Å²) in [5.41, 5.74) is 0. The second-order valence-electron chi connectivity index (χ2n) is 3.79. The van der Waals surface area contributed by atoms with Crippen LogP contribution < -0.4 is 0 Å². The molecule has 0 N–H and O–H groups in total. The lowest BCUT2D eigenvalue weighted by atomic mass is 10.4. The summed E-state index contributed by atoms with van der Waals surface area (Å²) in [4.78, 5) is 0. The summed E-state index contributed by atoms with van der Waals surface area (Å²) in [5.74, 6) is 0. The quantitative estimate of drug-likeness (QED) is 0.542. The molecule has 72 valence electrons. The first kappa shape index (κ1) is 10.2. The molecule has 3 nitrogen and oxygen atoms in total. The van der Waals surface area contributed by atoms with Crippen LogP contribution in [0.2, 0.25) is 13.1 Å². The van der Waals surface area contributed by atoms with Gasteiger partial charge in [0.15, 0.2) is 0 Å². The zero-order chi connectivity index (χ0) is 9.19. The second kappa shape index (κ2) is 3.87. The normalized spacial score (nSPS) is 37.0. The summed E-state index contributed by atoms with van der Waals surface area (Å²) in [5, 5.41) is 0. The van der Waals surface area contributed by atoms with E-state index < -0.39 is 8.56 Å². The number of ether oxygens (including phenoxy) is 1. The zero-order valence-electron chi connectivity index (χ0n) is 8.29. The van der Waals surface area contributed by atoms with Gasteiger partial charge in [0.05, 0.1) is 25.4 Å². The van der Waals surface area contributed by atoms with Crippen molar-refractivity contribution < 1.29 is 13.6 Å². The van der Waals surface area contributed by atoms with Gasteiger partial charge in [-0.05, 0) is 26.9 Å². The predicted octanol–water partition coefficient (Wildman–Crippen LogP) is 1.53. The van der Waals surface area contributed by atoms with Crippen molar-refractivity contribution in [2.75, 3.05) is 13.2 Å². The first-order chi connectivity index (χ1) is 5.49. The van der Waals surface area contributed by atoms with Gasteiger partial charge < -0.3 is 13.6 Å². The third kappa shape index (κ3) is 3.22. The zero-order valence-corrected chi connectivity index (χ0v) is 9.29. The first-order valence-electron chi connectivity index (χ1n) is 4.43. The molecule has 0 saturated carbocycles. The van der Waals surface area contributed by atoms with Crippen LogP contribution in [-0.2, 0) is 13.6 Å². The number of hydrogen-bond donors (Lipinski definition) is 0. The highest BCUT2D eigenvalue weighted by molar-refractivity contribution is 6.64. The van der Waals surface area contributed by atoms with Crippen LogP contribution in [0.25, 0.3) is 0 Å². The topological polar surface area (TPSA) is 27.7 Å². The highest BCUT2D eigenvalue weighted by atomic mass is 28.4. The van der Waals surface area contributed by atoms with Crippen LogP contribution in [0.4, 0.5) is 0 Å². The Hall–Kier alpha value is 0.0969. The molecule has 4 heteroatoms. The van der Waals surface area contributed by atoms with Crippen LogP contribution in [0, 0.1) is 0 Å². The van der Waals surface area contributed by atoms with Crippen molar-refractivity contribution >= 4 is 8.56 Å². The lowest BCUT2D eigenvalue weighted by Crippen LogP contribution is -2.45. The maximum absolute atomic E-state index is 5.74. The average Bonchev–Trinajstić information content (AvgIpc) is 1.81. The van der Waals surface area contributed by atoms with E-state index >= 15 is 0 Å². The summed E-state index contributed by atoms with van der Waals surface area (Å²) < 4.78 is 16.8. The fourth-order valence-electron chi connectivity index (χ4n) is 1.46. The van der Waals surface area contributed by atoms with Crippen LogP contribution in [0.3, 0.4) is 0 Å². The average molecular weight is 190 g/mol. The molecule has 12 heavy (non-hydrogen) atoms. The van der Waals surface area contributed by atoms with E-state index in [4.69, 9.17) is 13.6 Å². The van der Waals surface area contributed by atoms with E-state index in [0.29, 0.717) is 13.2 Å². The molecule has 0 aromatic carbocycles. The second-order valence-corrected chi connectivity index (χ2v) is 7.07. The number of hydrogen-bond acceptors (Lipinski definition) is 3. The molecule has 0 aromatic rings. The third-order valence-electron chi connectivity index (χ3n) is 1.68. The molecule has 1 saturated heterocycles. The van der Waals surface area contributed by atoms with Gasteiger partial charge >= 0.3 is 8.56 Å². The Morgan fingerprint density at radius 1 is 1.00 bits per heavy atom. The first-order valence-corrected chi connectivity index (χ1v) is 7.24. The van der Waals surface area contributed by atoms with E-state index in [-0.39, 0.29) is 12.2 Å². The molecule has 0 amide bonds. The predicted molar refractivity (Wildman–Crippen MR) is 49.4 cm³/mol. The van der Waals surface area contributed by atoms with E-state index in [1.807, 2.05) is 13.8 Å². The molecule has 0 radical (unpaired) electrons. The maximum Gasteiger partial charge on any atom is 0.332 e. The van der Waals surface area contributed by atoms with Crippen molar-refractivity contribution in [2.24, 2.45) is 0 Å². The van der Waals surface area contributed by atoms with Crippen molar-refractivity contribution in [3.8, 4) is 0 Å². The van der Waals surface area contributed by atoms with E-state index in [1.165, 1.54) is 0 Å². The minimum atomic E-state index is -1.88. The van der Waals surface area contributed by atoms with Crippen molar-refractivity contribution in [3.63, 3.8) is 0 Å². The highest BCUT2D eigenvalue weighted by Crippen LogP contribution is 2.15. The van der Waals surface area contributed by atoms with Gasteiger partial charge in [-0.15, -0.1) is 0 Å². The van der Waals surface area contributed by atoms with Gasteiger partial charge in [0.1, 0.15) is 0 Å². The van der Waals surface area contributed by atoms with E-state index in [9.17, 15) is 0 Å². The molecule has 0 aromatic heterocycles. The van der Waals surface area contributed by atoms with Gasteiger partial charge in [0.2, 0.25) is 0 Å². The molecule has 1 heterocycles. The minimum absolute atomic E-state index is 0.166. The van der Waals surface area contributed by atoms with Crippen LogP contribution in [0.15, 0.2) is 0 Å². The van der Waals surface area contributed by atoms with Crippen molar-refractivity contribution in [3.05, 3.63) is 0 Å². The lowest BCUT2D eigenvalue weighted by molar-refractivity contribution is -0.0350. The molecule has 1 aliphatic heterocycles. The largest absolute Gasteiger partial charge is 0.389 e. The van der Waals surface area contributed by atoms with Crippen molar-refractivity contribution in [2.45, 2.75) is 39.1 Å². The standard InChI is InChI=1S/C8H18O3Si/c1-7-5-9-6-8(2)11-12(3,4)10-7/h7-8H,5-6H2,1-4H3. The Kier molecular flexibility index (Phi) is 3.28. The van der Waals surface area contributed by atoms with E-state index in [0.717, 1.165) is 0 Å². The number of rotatable bonds is 0. The molecular formula is C8H18O3Si. The van der Waals surface area contributed by atoms with Crippen LogP contribution in [0.5, 0.6) is 0 Å². The summed E-state index contributed by atoms with van der Waals surface area (Å²) in [6.07, 6.45) is 0.332. The molecule has 0 bridgehead atoms. The summed E-state index contributed by atoms with van der Waals surface area (Å²) >= 11 is 0. The maximum atomic E-state index is 5.74. The lowest BCUT2D eigenvalue weighted by Gasteiger charge is -2.32. The Labute approximate surface area is 75.3 Å². The van der Waals surface area contributed by atoms with Crippen LogP contribution in [-0.4, -0.2) is 34.0 Å². The summed E-state index contributed by atoms with van der Waals surface area (Å²) in [7, 11) is -1.88. The molecule has 0 aliphatic carbocycles. The van der Waals surface area contributed by atoms with E-state index in [1.54, 1.807) is 0 Å². The summed E-state index contributed by atoms with van der Waals surface area (Å²) in [6.45, 7) is 9.56. The summed E-state index contributed by atoms with van der Waals surface area (Å²) in [6, 6.07) is 0. The smallest absolute Gasteiger partial charge is 0.332 e. The Bertz CT molecular complexity index is 135. The van der Waals surface area contributed by atoms with Gasteiger partial charge in [-0.2, -0.15) is 0 Å². The Balaban J connectivity index is 2.51. The Morgan fingerprint density at radius 3 is 1.83 bits per heavy atom. The molecular weight excluding hydrogens is 172 g/mol. The fourth-order valence-corrected chi connectivity index (χ4v) is 3.59. The molecule has 1 rings (SSSR count). The van der Waals surface area contributed by atoms with Gasteiger partial charge in [-0.1, -0.05) is 0 Å².